The van der Waals surface area contributed by atoms with Gasteiger partial charge in [-0.3, -0.25) is 19.8 Å². The number of hydrogen-bond acceptors (Lipinski definition) is 5. The van der Waals surface area contributed by atoms with Gasteiger partial charge in [0, 0.05) is 18.2 Å². The Morgan fingerprint density at radius 3 is 2.95 bits per heavy atom. The fraction of sp³-hybridized carbons (Fsp3) is 0.583. The minimum atomic E-state index is -0.522. The van der Waals surface area contributed by atoms with Gasteiger partial charge >= 0.3 is 0 Å². The average Bonchev–Trinajstić information content (AvgIpc) is 2.81. The summed E-state index contributed by atoms with van der Waals surface area (Å²) in [4.78, 5) is 26.8. The van der Waals surface area contributed by atoms with Gasteiger partial charge in [0.05, 0.1) is 36.6 Å². The van der Waals surface area contributed by atoms with Gasteiger partial charge in [-0.25, -0.2) is 0 Å². The van der Waals surface area contributed by atoms with Crippen LogP contribution in [0.15, 0.2) is 12.3 Å². The van der Waals surface area contributed by atoms with Crippen molar-refractivity contribution in [2.24, 2.45) is 0 Å². The van der Waals surface area contributed by atoms with Gasteiger partial charge in [0.25, 0.3) is 5.69 Å². The molecule has 1 aromatic rings. The Morgan fingerprint density at radius 2 is 2.37 bits per heavy atom. The molecule has 104 valence electrons. The molecule has 1 aliphatic heterocycles. The summed E-state index contributed by atoms with van der Waals surface area (Å²) < 4.78 is 5.39. The van der Waals surface area contributed by atoms with E-state index >= 15 is 0 Å². The SMILES string of the molecule is CC1(C)COCCN1CC(=O)c1cc([N+](=O)[O-])c[nH]1. The molecule has 0 aromatic carbocycles. The maximum absolute atomic E-state index is 12.1. The van der Waals surface area contributed by atoms with E-state index in [9.17, 15) is 14.9 Å². The monoisotopic (exact) mass is 267 g/mol. The summed E-state index contributed by atoms with van der Waals surface area (Å²) in [6, 6.07) is 1.27. The molecule has 0 amide bonds. The molecular weight excluding hydrogens is 250 g/mol. The Balaban J connectivity index is 2.05. The number of nitrogens with one attached hydrogen (secondary N) is 1. The van der Waals surface area contributed by atoms with E-state index in [4.69, 9.17) is 4.74 Å². The van der Waals surface area contributed by atoms with Gasteiger partial charge in [0.15, 0.2) is 5.78 Å². The summed E-state index contributed by atoms with van der Waals surface area (Å²) in [6.45, 7) is 6.11. The number of ketones is 1. The van der Waals surface area contributed by atoms with E-state index in [0.717, 1.165) is 0 Å². The summed E-state index contributed by atoms with van der Waals surface area (Å²) in [5.41, 5.74) is -0.0227. The van der Waals surface area contributed by atoms with Crippen molar-refractivity contribution in [3.63, 3.8) is 0 Å². The molecule has 1 saturated heterocycles. The van der Waals surface area contributed by atoms with Gasteiger partial charge < -0.3 is 9.72 Å². The van der Waals surface area contributed by atoms with Crippen molar-refractivity contribution in [3.05, 3.63) is 28.1 Å². The number of aromatic nitrogens is 1. The number of rotatable bonds is 4. The molecule has 1 fully saturated rings. The lowest BCUT2D eigenvalue weighted by Gasteiger charge is -2.41. The standard InChI is InChI=1S/C12H17N3O4/c1-12(2)8-19-4-3-14(12)7-11(16)10-5-9(6-13-10)15(17)18/h5-6,13H,3-4,7-8H2,1-2H3. The van der Waals surface area contributed by atoms with E-state index in [0.29, 0.717) is 19.8 Å². The third kappa shape index (κ3) is 2.99. The molecule has 1 aliphatic rings. The predicted molar refractivity (Wildman–Crippen MR) is 68.2 cm³/mol. The van der Waals surface area contributed by atoms with Crippen LogP contribution in [0.2, 0.25) is 0 Å². The van der Waals surface area contributed by atoms with Crippen LogP contribution in [0.5, 0.6) is 0 Å². The first kappa shape index (κ1) is 13.7. The quantitative estimate of drug-likeness (QED) is 0.503. The van der Waals surface area contributed by atoms with E-state index in [-0.39, 0.29) is 29.2 Å². The summed E-state index contributed by atoms with van der Waals surface area (Å²) in [7, 11) is 0. The topological polar surface area (TPSA) is 88.5 Å². The van der Waals surface area contributed by atoms with Crippen molar-refractivity contribution in [1.29, 1.82) is 0 Å². The molecular formula is C12H17N3O4. The third-order valence-corrected chi connectivity index (χ3v) is 3.33. The molecule has 0 atom stereocenters. The number of carbonyl (C=O) groups excluding carboxylic acids is 1. The number of nitrogens with zero attached hydrogens (tertiary/aromatic N) is 2. The van der Waals surface area contributed by atoms with E-state index in [1.54, 1.807) is 0 Å². The summed E-state index contributed by atoms with van der Waals surface area (Å²) in [5.74, 6) is -0.150. The Labute approximate surface area is 110 Å². The van der Waals surface area contributed by atoms with Crippen LogP contribution in [-0.2, 0) is 4.74 Å². The highest BCUT2D eigenvalue weighted by atomic mass is 16.6. The number of ether oxygens (including phenoxy) is 1. The zero-order chi connectivity index (χ0) is 14.0. The Hall–Kier alpha value is -1.73. The normalized spacial score (nSPS) is 19.3. The van der Waals surface area contributed by atoms with Crippen molar-refractivity contribution in [3.8, 4) is 0 Å². The van der Waals surface area contributed by atoms with Crippen LogP contribution in [0.1, 0.15) is 24.3 Å². The Morgan fingerprint density at radius 1 is 1.63 bits per heavy atom. The van der Waals surface area contributed by atoms with Crippen molar-refractivity contribution in [2.75, 3.05) is 26.3 Å². The first-order valence-corrected chi connectivity index (χ1v) is 6.09. The molecule has 0 spiro atoms. The molecule has 0 bridgehead atoms. The average molecular weight is 267 g/mol. The van der Waals surface area contributed by atoms with Crippen LogP contribution in [-0.4, -0.2) is 52.4 Å². The van der Waals surface area contributed by atoms with Gasteiger partial charge in [-0.05, 0) is 13.8 Å². The summed E-state index contributed by atoms with van der Waals surface area (Å²) in [6.07, 6.45) is 1.23. The zero-order valence-electron chi connectivity index (χ0n) is 11.0. The molecule has 0 unspecified atom stereocenters. The van der Waals surface area contributed by atoms with Crippen molar-refractivity contribution in [2.45, 2.75) is 19.4 Å². The largest absolute Gasteiger partial charge is 0.378 e. The highest BCUT2D eigenvalue weighted by Gasteiger charge is 2.32. The molecule has 7 nitrogen and oxygen atoms in total. The maximum atomic E-state index is 12.1. The number of H-pyrrole nitrogens is 1. The lowest BCUT2D eigenvalue weighted by molar-refractivity contribution is -0.384. The molecule has 0 saturated carbocycles. The number of morpholine rings is 1. The fourth-order valence-corrected chi connectivity index (χ4v) is 2.09. The molecule has 7 heteroatoms. The van der Waals surface area contributed by atoms with Crippen molar-refractivity contribution >= 4 is 11.5 Å². The van der Waals surface area contributed by atoms with Crippen molar-refractivity contribution < 1.29 is 14.5 Å². The number of nitro groups is 1. The number of Topliss-reactive ketones (excluding diaryl/α,β-unsaturated/α-hetero) is 1. The van der Waals surface area contributed by atoms with Gasteiger partial charge in [-0.1, -0.05) is 0 Å². The van der Waals surface area contributed by atoms with E-state index in [2.05, 4.69) is 4.98 Å². The van der Waals surface area contributed by atoms with Gasteiger partial charge in [-0.2, -0.15) is 0 Å². The highest BCUT2D eigenvalue weighted by Crippen LogP contribution is 2.20. The van der Waals surface area contributed by atoms with E-state index in [1.807, 2.05) is 18.7 Å². The highest BCUT2D eigenvalue weighted by molar-refractivity contribution is 5.96. The molecule has 19 heavy (non-hydrogen) atoms. The zero-order valence-corrected chi connectivity index (χ0v) is 11.0. The summed E-state index contributed by atoms with van der Waals surface area (Å²) >= 11 is 0. The minimum Gasteiger partial charge on any atom is -0.378 e. The summed E-state index contributed by atoms with van der Waals surface area (Å²) in [5, 5.41) is 10.6. The molecule has 0 radical (unpaired) electrons. The second-order valence-electron chi connectivity index (χ2n) is 5.24. The Kier molecular flexibility index (Phi) is 3.68. The fourth-order valence-electron chi connectivity index (χ4n) is 2.09. The van der Waals surface area contributed by atoms with E-state index < -0.39 is 4.92 Å². The second kappa shape index (κ2) is 5.10. The molecule has 2 heterocycles. The second-order valence-corrected chi connectivity index (χ2v) is 5.24. The third-order valence-electron chi connectivity index (χ3n) is 3.33. The smallest absolute Gasteiger partial charge is 0.287 e. The molecule has 0 aliphatic carbocycles. The van der Waals surface area contributed by atoms with Crippen LogP contribution in [0.4, 0.5) is 5.69 Å². The lowest BCUT2D eigenvalue weighted by atomic mass is 10.0. The predicted octanol–water partition coefficient (Wildman–Crippen LogP) is 1.22. The van der Waals surface area contributed by atoms with Gasteiger partial charge in [0.1, 0.15) is 0 Å². The molecule has 2 rings (SSSR count). The molecule has 1 N–H and O–H groups in total. The lowest BCUT2D eigenvalue weighted by Crippen LogP contribution is -2.54. The number of aromatic amines is 1. The number of hydrogen-bond donors (Lipinski definition) is 1. The van der Waals surface area contributed by atoms with Crippen LogP contribution < -0.4 is 0 Å². The Bertz CT molecular complexity index is 495. The van der Waals surface area contributed by atoms with Gasteiger partial charge in [-0.15, -0.1) is 0 Å². The van der Waals surface area contributed by atoms with Crippen LogP contribution in [0.3, 0.4) is 0 Å². The van der Waals surface area contributed by atoms with Gasteiger partial charge in [0.2, 0.25) is 0 Å². The number of carbonyl (C=O) groups is 1. The van der Waals surface area contributed by atoms with Crippen LogP contribution >= 0.6 is 0 Å². The van der Waals surface area contributed by atoms with Crippen molar-refractivity contribution in [1.82, 2.24) is 9.88 Å². The van der Waals surface area contributed by atoms with Crippen LogP contribution in [0, 0.1) is 10.1 Å². The molecule has 1 aromatic heterocycles. The minimum absolute atomic E-state index is 0.0930. The van der Waals surface area contributed by atoms with Crippen LogP contribution in [0.25, 0.3) is 0 Å². The first-order valence-electron chi connectivity index (χ1n) is 6.09. The first-order chi connectivity index (χ1) is 8.90. The maximum Gasteiger partial charge on any atom is 0.287 e. The van der Waals surface area contributed by atoms with E-state index in [1.165, 1.54) is 12.3 Å².